The topological polar surface area (TPSA) is 12.0 Å². The lowest BCUT2D eigenvalue weighted by atomic mass is 9.77. The van der Waals surface area contributed by atoms with Gasteiger partial charge in [0.15, 0.2) is 0 Å². The maximum Gasteiger partial charge on any atom is 0.00966 e. The molecule has 0 fully saturated rings. The van der Waals surface area contributed by atoms with Crippen LogP contribution in [-0.2, 0) is 0 Å². The predicted octanol–water partition coefficient (Wildman–Crippen LogP) is 4.62. The molecule has 0 bridgehead atoms. The first-order chi connectivity index (χ1) is 7.17. The van der Waals surface area contributed by atoms with Crippen molar-refractivity contribution in [1.29, 1.82) is 0 Å². The van der Waals surface area contributed by atoms with Crippen LogP contribution in [0.25, 0.3) is 0 Å². The summed E-state index contributed by atoms with van der Waals surface area (Å²) >= 11 is 0. The Morgan fingerprint density at radius 1 is 0.938 bits per heavy atom. The van der Waals surface area contributed by atoms with Crippen molar-refractivity contribution >= 4 is 0 Å². The molecular formula is C15H33N. The quantitative estimate of drug-likeness (QED) is 0.653. The first-order valence-corrected chi connectivity index (χ1v) is 6.92. The van der Waals surface area contributed by atoms with Gasteiger partial charge in [-0.1, -0.05) is 47.0 Å². The van der Waals surface area contributed by atoms with E-state index in [2.05, 4.69) is 53.8 Å². The number of unbranched alkanes of at least 4 members (excludes halogenated alkanes) is 2. The molecule has 0 aliphatic carbocycles. The Morgan fingerprint density at radius 3 is 1.88 bits per heavy atom. The maximum atomic E-state index is 3.66. The molecule has 1 nitrogen and oxygen atoms in total. The summed E-state index contributed by atoms with van der Waals surface area (Å²) in [5, 5.41) is 3.66. The van der Waals surface area contributed by atoms with Crippen LogP contribution in [0.3, 0.4) is 0 Å². The fourth-order valence-electron chi connectivity index (χ4n) is 1.91. The highest BCUT2D eigenvalue weighted by Crippen LogP contribution is 2.30. The Bertz CT molecular complexity index is 171. The van der Waals surface area contributed by atoms with E-state index in [-0.39, 0.29) is 5.54 Å². The molecule has 0 spiro atoms. The van der Waals surface area contributed by atoms with Gasteiger partial charge in [0, 0.05) is 5.54 Å². The highest BCUT2D eigenvalue weighted by molar-refractivity contribution is 4.80. The van der Waals surface area contributed by atoms with E-state index in [1.807, 2.05) is 0 Å². The maximum absolute atomic E-state index is 3.66. The van der Waals surface area contributed by atoms with Crippen molar-refractivity contribution in [3.63, 3.8) is 0 Å². The molecular weight excluding hydrogens is 194 g/mol. The van der Waals surface area contributed by atoms with Crippen molar-refractivity contribution in [2.75, 3.05) is 6.54 Å². The summed E-state index contributed by atoms with van der Waals surface area (Å²) in [5.74, 6) is 0.790. The van der Waals surface area contributed by atoms with Gasteiger partial charge in [0.05, 0.1) is 0 Å². The van der Waals surface area contributed by atoms with Crippen LogP contribution in [0.15, 0.2) is 0 Å². The summed E-state index contributed by atoms with van der Waals surface area (Å²) in [7, 11) is 0. The van der Waals surface area contributed by atoms with E-state index >= 15 is 0 Å². The van der Waals surface area contributed by atoms with Crippen LogP contribution in [-0.4, -0.2) is 12.1 Å². The Kier molecular flexibility index (Phi) is 6.62. The van der Waals surface area contributed by atoms with E-state index in [1.54, 1.807) is 0 Å². The molecule has 0 saturated heterocycles. The fourth-order valence-corrected chi connectivity index (χ4v) is 1.91. The molecule has 1 heteroatoms. The van der Waals surface area contributed by atoms with Gasteiger partial charge in [-0.05, 0) is 45.1 Å². The predicted molar refractivity (Wildman–Crippen MR) is 74.8 cm³/mol. The first-order valence-electron chi connectivity index (χ1n) is 6.92. The first kappa shape index (κ1) is 16.0. The third-order valence-corrected chi connectivity index (χ3v) is 3.26. The highest BCUT2D eigenvalue weighted by atomic mass is 14.9. The molecule has 1 N–H and O–H groups in total. The lowest BCUT2D eigenvalue weighted by Crippen LogP contribution is -2.42. The van der Waals surface area contributed by atoms with E-state index in [4.69, 9.17) is 0 Å². The number of hydrogen-bond donors (Lipinski definition) is 1. The summed E-state index contributed by atoms with van der Waals surface area (Å²) in [6.45, 7) is 17.3. The molecule has 1 atom stereocenters. The molecule has 0 saturated carbocycles. The molecule has 0 heterocycles. The SMILES string of the molecule is CCCCCC(CNC(C)(C)C)C(C)(C)C. The van der Waals surface area contributed by atoms with Crippen molar-refractivity contribution in [3.05, 3.63) is 0 Å². The Morgan fingerprint density at radius 2 is 1.50 bits per heavy atom. The van der Waals surface area contributed by atoms with Gasteiger partial charge < -0.3 is 5.32 Å². The van der Waals surface area contributed by atoms with Gasteiger partial charge in [-0.15, -0.1) is 0 Å². The van der Waals surface area contributed by atoms with Crippen LogP contribution < -0.4 is 5.32 Å². The zero-order chi connectivity index (χ0) is 12.8. The third-order valence-electron chi connectivity index (χ3n) is 3.26. The van der Waals surface area contributed by atoms with Crippen LogP contribution in [0.1, 0.15) is 74.1 Å². The van der Waals surface area contributed by atoms with E-state index in [0.717, 1.165) is 12.5 Å². The summed E-state index contributed by atoms with van der Waals surface area (Å²) in [5.41, 5.74) is 0.667. The highest BCUT2D eigenvalue weighted by Gasteiger charge is 2.25. The van der Waals surface area contributed by atoms with Gasteiger partial charge in [-0.3, -0.25) is 0 Å². The molecule has 16 heavy (non-hydrogen) atoms. The monoisotopic (exact) mass is 227 g/mol. The van der Waals surface area contributed by atoms with Gasteiger partial charge in [-0.25, -0.2) is 0 Å². The van der Waals surface area contributed by atoms with Crippen LogP contribution in [0.5, 0.6) is 0 Å². The van der Waals surface area contributed by atoms with E-state index < -0.39 is 0 Å². The van der Waals surface area contributed by atoms with E-state index in [1.165, 1.54) is 25.7 Å². The van der Waals surface area contributed by atoms with Gasteiger partial charge in [0.1, 0.15) is 0 Å². The number of rotatable bonds is 6. The summed E-state index contributed by atoms with van der Waals surface area (Å²) in [6.07, 6.45) is 5.44. The Labute approximate surface area is 103 Å². The minimum absolute atomic E-state index is 0.244. The summed E-state index contributed by atoms with van der Waals surface area (Å²) in [6, 6.07) is 0. The third kappa shape index (κ3) is 8.15. The van der Waals surface area contributed by atoms with Crippen LogP contribution in [0.2, 0.25) is 0 Å². The molecule has 0 radical (unpaired) electrons. The van der Waals surface area contributed by atoms with Crippen molar-refractivity contribution in [3.8, 4) is 0 Å². The lowest BCUT2D eigenvalue weighted by molar-refractivity contribution is 0.199. The smallest absolute Gasteiger partial charge is 0.00966 e. The minimum Gasteiger partial charge on any atom is -0.312 e. The average Bonchev–Trinajstić information content (AvgIpc) is 2.07. The zero-order valence-electron chi connectivity index (χ0n) is 12.6. The largest absolute Gasteiger partial charge is 0.312 e. The van der Waals surface area contributed by atoms with Crippen LogP contribution >= 0.6 is 0 Å². The minimum atomic E-state index is 0.244. The molecule has 0 aliphatic rings. The van der Waals surface area contributed by atoms with Crippen molar-refractivity contribution in [2.45, 2.75) is 79.7 Å². The molecule has 0 aromatic rings. The molecule has 1 unspecified atom stereocenters. The Hall–Kier alpha value is -0.0400. The van der Waals surface area contributed by atoms with Gasteiger partial charge in [0.2, 0.25) is 0 Å². The molecule has 0 rings (SSSR count). The second kappa shape index (κ2) is 6.64. The second-order valence-electron chi connectivity index (χ2n) is 7.19. The molecule has 0 aromatic heterocycles. The number of nitrogens with one attached hydrogen (secondary N) is 1. The summed E-state index contributed by atoms with van der Waals surface area (Å²) in [4.78, 5) is 0. The Balaban J connectivity index is 4.12. The second-order valence-corrected chi connectivity index (χ2v) is 7.19. The normalized spacial score (nSPS) is 15.2. The van der Waals surface area contributed by atoms with Crippen molar-refractivity contribution < 1.29 is 0 Å². The van der Waals surface area contributed by atoms with Crippen molar-refractivity contribution in [2.24, 2.45) is 11.3 Å². The summed E-state index contributed by atoms with van der Waals surface area (Å²) < 4.78 is 0. The fraction of sp³-hybridized carbons (Fsp3) is 1.00. The average molecular weight is 227 g/mol. The van der Waals surface area contributed by atoms with Crippen LogP contribution in [0.4, 0.5) is 0 Å². The van der Waals surface area contributed by atoms with E-state index in [9.17, 15) is 0 Å². The molecule has 98 valence electrons. The molecule has 0 amide bonds. The van der Waals surface area contributed by atoms with E-state index in [0.29, 0.717) is 5.41 Å². The zero-order valence-corrected chi connectivity index (χ0v) is 12.6. The van der Waals surface area contributed by atoms with Crippen molar-refractivity contribution in [1.82, 2.24) is 5.32 Å². The lowest BCUT2D eigenvalue weighted by Gasteiger charge is -2.34. The standard InChI is InChI=1S/C15H33N/c1-8-9-10-11-13(14(2,3)4)12-16-15(5,6)7/h13,16H,8-12H2,1-7H3. The van der Waals surface area contributed by atoms with Gasteiger partial charge in [0.25, 0.3) is 0 Å². The van der Waals surface area contributed by atoms with Crippen LogP contribution in [0, 0.1) is 11.3 Å². The molecule has 0 aromatic carbocycles. The van der Waals surface area contributed by atoms with Gasteiger partial charge >= 0.3 is 0 Å². The number of hydrogen-bond acceptors (Lipinski definition) is 1. The molecule has 0 aliphatic heterocycles. The van der Waals surface area contributed by atoms with Gasteiger partial charge in [-0.2, -0.15) is 0 Å².